The zero-order valence-electron chi connectivity index (χ0n) is 10.4. The second-order valence-corrected chi connectivity index (χ2v) is 5.02. The van der Waals surface area contributed by atoms with E-state index in [1.165, 1.54) is 12.0 Å². The first kappa shape index (κ1) is 11.5. The van der Waals surface area contributed by atoms with E-state index in [1.54, 1.807) is 7.11 Å². The third-order valence-electron chi connectivity index (χ3n) is 4.06. The third-order valence-corrected chi connectivity index (χ3v) is 4.06. The largest absolute Gasteiger partial charge is 0.497 e. The van der Waals surface area contributed by atoms with Gasteiger partial charge in [-0.3, -0.25) is 0 Å². The number of nitrogens with one attached hydrogen (secondary N) is 1. The standard InChI is InChI=1S/C14H21NO/c1-11-7-8-15-10-14(11,2)12-5-4-6-13(9-12)16-3/h4-6,9,11,15H,7-8,10H2,1-3H3/t11-,14+/m1/s1. The molecule has 1 aliphatic rings. The van der Waals surface area contributed by atoms with Crippen molar-refractivity contribution in [3.8, 4) is 5.75 Å². The lowest BCUT2D eigenvalue weighted by Gasteiger charge is -2.40. The van der Waals surface area contributed by atoms with E-state index < -0.39 is 0 Å². The topological polar surface area (TPSA) is 21.3 Å². The Morgan fingerprint density at radius 3 is 2.94 bits per heavy atom. The Kier molecular flexibility index (Phi) is 3.20. The molecule has 0 saturated carbocycles. The van der Waals surface area contributed by atoms with Crippen molar-refractivity contribution in [2.75, 3.05) is 20.2 Å². The molecule has 1 fully saturated rings. The van der Waals surface area contributed by atoms with Gasteiger partial charge in [-0.15, -0.1) is 0 Å². The highest BCUT2D eigenvalue weighted by Gasteiger charge is 2.35. The molecule has 0 bridgehead atoms. The fourth-order valence-corrected chi connectivity index (χ4v) is 2.52. The van der Waals surface area contributed by atoms with E-state index in [0.717, 1.165) is 18.8 Å². The number of methoxy groups -OCH3 is 1. The Morgan fingerprint density at radius 1 is 1.44 bits per heavy atom. The first-order valence-electron chi connectivity index (χ1n) is 6.02. The van der Waals surface area contributed by atoms with E-state index in [9.17, 15) is 0 Å². The van der Waals surface area contributed by atoms with Crippen molar-refractivity contribution in [3.63, 3.8) is 0 Å². The van der Waals surface area contributed by atoms with E-state index in [-0.39, 0.29) is 5.41 Å². The summed E-state index contributed by atoms with van der Waals surface area (Å²) >= 11 is 0. The van der Waals surface area contributed by atoms with Gasteiger partial charge >= 0.3 is 0 Å². The molecule has 1 aromatic carbocycles. The van der Waals surface area contributed by atoms with Crippen LogP contribution in [0.4, 0.5) is 0 Å². The lowest BCUT2D eigenvalue weighted by Crippen LogP contribution is -2.46. The molecule has 1 saturated heterocycles. The van der Waals surface area contributed by atoms with Crippen molar-refractivity contribution >= 4 is 0 Å². The minimum atomic E-state index is 0.229. The molecule has 0 radical (unpaired) electrons. The summed E-state index contributed by atoms with van der Waals surface area (Å²) in [6.07, 6.45) is 1.24. The van der Waals surface area contributed by atoms with Gasteiger partial charge in [-0.2, -0.15) is 0 Å². The molecule has 16 heavy (non-hydrogen) atoms. The van der Waals surface area contributed by atoms with Crippen molar-refractivity contribution in [2.24, 2.45) is 5.92 Å². The summed E-state index contributed by atoms with van der Waals surface area (Å²) in [5.41, 5.74) is 1.61. The van der Waals surface area contributed by atoms with E-state index in [1.807, 2.05) is 6.07 Å². The van der Waals surface area contributed by atoms with Gasteiger partial charge in [0.15, 0.2) is 0 Å². The first-order chi connectivity index (χ1) is 7.66. The molecule has 88 valence electrons. The summed E-state index contributed by atoms with van der Waals surface area (Å²) in [5.74, 6) is 1.66. The SMILES string of the molecule is COc1cccc([C@@]2(C)CNCC[C@H]2C)c1. The van der Waals surface area contributed by atoms with Crippen LogP contribution in [-0.4, -0.2) is 20.2 Å². The van der Waals surface area contributed by atoms with Crippen LogP contribution >= 0.6 is 0 Å². The molecule has 0 unspecified atom stereocenters. The quantitative estimate of drug-likeness (QED) is 0.825. The lowest BCUT2D eigenvalue weighted by atomic mass is 9.69. The van der Waals surface area contributed by atoms with Crippen LogP contribution in [0.25, 0.3) is 0 Å². The van der Waals surface area contributed by atoms with Crippen molar-refractivity contribution in [1.29, 1.82) is 0 Å². The summed E-state index contributed by atoms with van der Waals surface area (Å²) in [5, 5.41) is 3.50. The highest BCUT2D eigenvalue weighted by atomic mass is 16.5. The predicted octanol–water partition coefficient (Wildman–Crippen LogP) is 2.58. The summed E-state index contributed by atoms with van der Waals surface area (Å²) in [6, 6.07) is 8.48. The molecule has 2 nitrogen and oxygen atoms in total. The first-order valence-corrected chi connectivity index (χ1v) is 6.02. The summed E-state index contributed by atoms with van der Waals surface area (Å²) in [4.78, 5) is 0. The number of ether oxygens (including phenoxy) is 1. The number of hydrogen-bond acceptors (Lipinski definition) is 2. The maximum atomic E-state index is 5.31. The van der Waals surface area contributed by atoms with Gasteiger partial charge in [0.05, 0.1) is 7.11 Å². The predicted molar refractivity (Wildman–Crippen MR) is 67.0 cm³/mol. The monoisotopic (exact) mass is 219 g/mol. The van der Waals surface area contributed by atoms with Crippen molar-refractivity contribution in [2.45, 2.75) is 25.7 Å². The summed E-state index contributed by atoms with van der Waals surface area (Å²) in [7, 11) is 1.73. The smallest absolute Gasteiger partial charge is 0.119 e. The van der Waals surface area contributed by atoms with Crippen LogP contribution < -0.4 is 10.1 Å². The molecule has 2 heteroatoms. The van der Waals surface area contributed by atoms with Gasteiger partial charge < -0.3 is 10.1 Å². The molecule has 1 N–H and O–H groups in total. The second kappa shape index (κ2) is 4.46. The maximum Gasteiger partial charge on any atom is 0.119 e. The third kappa shape index (κ3) is 1.94. The zero-order valence-corrected chi connectivity index (χ0v) is 10.4. The lowest BCUT2D eigenvalue weighted by molar-refractivity contribution is 0.238. The summed E-state index contributed by atoms with van der Waals surface area (Å²) < 4.78 is 5.31. The Morgan fingerprint density at radius 2 is 2.25 bits per heavy atom. The Labute approximate surface area is 98.0 Å². The van der Waals surface area contributed by atoms with Crippen LogP contribution in [0.5, 0.6) is 5.75 Å². The highest BCUT2D eigenvalue weighted by Crippen LogP contribution is 2.36. The minimum absolute atomic E-state index is 0.229. The Hall–Kier alpha value is -1.02. The maximum absolute atomic E-state index is 5.31. The van der Waals surface area contributed by atoms with Gasteiger partial charge in [-0.1, -0.05) is 26.0 Å². The van der Waals surface area contributed by atoms with Crippen LogP contribution in [0.2, 0.25) is 0 Å². The molecule has 0 amide bonds. The molecule has 1 aliphatic heterocycles. The molecule has 0 aromatic heterocycles. The van der Waals surface area contributed by atoms with Crippen LogP contribution in [0.15, 0.2) is 24.3 Å². The zero-order chi connectivity index (χ0) is 11.6. The number of hydrogen-bond donors (Lipinski definition) is 1. The Balaban J connectivity index is 2.33. The van der Waals surface area contributed by atoms with E-state index >= 15 is 0 Å². The fourth-order valence-electron chi connectivity index (χ4n) is 2.52. The molecule has 1 aromatic rings. The fraction of sp³-hybridized carbons (Fsp3) is 0.571. The second-order valence-electron chi connectivity index (χ2n) is 5.02. The van der Waals surface area contributed by atoms with Gasteiger partial charge in [0, 0.05) is 12.0 Å². The average Bonchev–Trinajstić information content (AvgIpc) is 2.33. The van der Waals surface area contributed by atoms with E-state index in [2.05, 4.69) is 37.4 Å². The molecule has 2 rings (SSSR count). The van der Waals surface area contributed by atoms with Crippen molar-refractivity contribution < 1.29 is 4.74 Å². The average molecular weight is 219 g/mol. The van der Waals surface area contributed by atoms with E-state index in [0.29, 0.717) is 5.92 Å². The normalized spacial score (nSPS) is 30.1. The van der Waals surface area contributed by atoms with Crippen molar-refractivity contribution in [3.05, 3.63) is 29.8 Å². The van der Waals surface area contributed by atoms with Crippen LogP contribution in [0.3, 0.4) is 0 Å². The minimum Gasteiger partial charge on any atom is -0.497 e. The van der Waals surface area contributed by atoms with Crippen molar-refractivity contribution in [1.82, 2.24) is 5.32 Å². The molecular formula is C14H21NO. The number of piperidine rings is 1. The molecule has 0 spiro atoms. The van der Waals surface area contributed by atoms with Crippen LogP contribution in [0, 0.1) is 5.92 Å². The molecule has 1 heterocycles. The van der Waals surface area contributed by atoms with Gasteiger partial charge in [0.25, 0.3) is 0 Å². The van der Waals surface area contributed by atoms with Gasteiger partial charge in [-0.25, -0.2) is 0 Å². The Bertz CT molecular complexity index is 364. The molecular weight excluding hydrogens is 198 g/mol. The van der Waals surface area contributed by atoms with Crippen LogP contribution in [0.1, 0.15) is 25.8 Å². The van der Waals surface area contributed by atoms with E-state index in [4.69, 9.17) is 4.74 Å². The number of rotatable bonds is 2. The molecule has 0 aliphatic carbocycles. The van der Waals surface area contributed by atoms with Crippen LogP contribution in [-0.2, 0) is 5.41 Å². The summed E-state index contributed by atoms with van der Waals surface area (Å²) in [6.45, 7) is 6.89. The highest BCUT2D eigenvalue weighted by molar-refractivity contribution is 5.34. The number of benzene rings is 1. The van der Waals surface area contributed by atoms with Gasteiger partial charge in [-0.05, 0) is 36.6 Å². The molecule has 2 atom stereocenters. The van der Waals surface area contributed by atoms with Gasteiger partial charge in [0.1, 0.15) is 5.75 Å². The van der Waals surface area contributed by atoms with Gasteiger partial charge in [0.2, 0.25) is 0 Å².